The van der Waals surface area contributed by atoms with Crippen molar-refractivity contribution in [2.45, 2.75) is 0 Å². The van der Waals surface area contributed by atoms with Crippen molar-refractivity contribution in [3.8, 4) is 0 Å². The Morgan fingerprint density at radius 3 is 2.43 bits per heavy atom. The molecular weight excluding hydrogens is 319 g/mol. The minimum Gasteiger partial charge on any atom is -0.468 e. The fourth-order valence-electron chi connectivity index (χ4n) is 1.20. The lowest BCUT2D eigenvalue weighted by atomic mass is 10.3. The molecule has 0 aromatic heterocycles. The zero-order valence-electron chi connectivity index (χ0n) is 11.0. The van der Waals surface area contributed by atoms with E-state index in [1.165, 1.54) is 19.2 Å². The van der Waals surface area contributed by atoms with Gasteiger partial charge in [0, 0.05) is 17.8 Å². The first-order chi connectivity index (χ1) is 9.92. The highest BCUT2D eigenvalue weighted by Gasteiger charge is 2.04. The molecule has 0 spiro atoms. The topological polar surface area (TPSA) is 84.5 Å². The summed E-state index contributed by atoms with van der Waals surface area (Å²) in [6.07, 6.45) is 2.02. The number of methoxy groups -OCH3 is 1. The lowest BCUT2D eigenvalue weighted by molar-refractivity contribution is -0.140. The van der Waals surface area contributed by atoms with Crippen molar-refractivity contribution in [2.24, 2.45) is 0 Å². The van der Waals surface area contributed by atoms with Crippen LogP contribution in [-0.4, -0.2) is 31.4 Å². The molecule has 0 radical (unpaired) electrons. The summed E-state index contributed by atoms with van der Waals surface area (Å²) in [7, 11) is 1.20. The zero-order valence-corrected chi connectivity index (χ0v) is 12.5. The average molecular weight is 331 g/mol. The van der Waals surface area contributed by atoms with Gasteiger partial charge in [-0.25, -0.2) is 0 Å². The molecule has 8 heteroatoms. The highest BCUT2D eigenvalue weighted by molar-refractivity contribution is 6.42. The number of benzene rings is 1. The number of rotatable bonds is 5. The van der Waals surface area contributed by atoms with Crippen molar-refractivity contribution in [3.63, 3.8) is 0 Å². The van der Waals surface area contributed by atoms with Crippen molar-refractivity contribution in [1.29, 1.82) is 0 Å². The van der Waals surface area contributed by atoms with Crippen LogP contribution in [0.4, 0.5) is 5.69 Å². The van der Waals surface area contributed by atoms with E-state index >= 15 is 0 Å². The zero-order chi connectivity index (χ0) is 15.8. The number of hydrogen-bond acceptors (Lipinski definition) is 4. The maximum atomic E-state index is 11.6. The predicted molar refractivity (Wildman–Crippen MR) is 79.3 cm³/mol. The molecule has 2 amide bonds. The van der Waals surface area contributed by atoms with Gasteiger partial charge in [0.1, 0.15) is 6.54 Å². The summed E-state index contributed by atoms with van der Waals surface area (Å²) in [5.41, 5.74) is 0.439. The van der Waals surface area contributed by atoms with Gasteiger partial charge in [0.2, 0.25) is 11.8 Å². The molecule has 0 aliphatic rings. The minimum absolute atomic E-state index is 0.270. The third-order valence-corrected chi connectivity index (χ3v) is 2.95. The number of anilines is 1. The van der Waals surface area contributed by atoms with Gasteiger partial charge in [0.15, 0.2) is 0 Å². The Morgan fingerprint density at radius 1 is 1.14 bits per heavy atom. The molecule has 0 saturated carbocycles. The van der Waals surface area contributed by atoms with E-state index in [4.69, 9.17) is 23.2 Å². The van der Waals surface area contributed by atoms with Gasteiger partial charge >= 0.3 is 5.97 Å². The Bertz CT molecular complexity index is 588. The van der Waals surface area contributed by atoms with Gasteiger partial charge < -0.3 is 15.4 Å². The van der Waals surface area contributed by atoms with Crippen molar-refractivity contribution in [3.05, 3.63) is 40.4 Å². The summed E-state index contributed by atoms with van der Waals surface area (Å²) in [6.45, 7) is -0.270. The quantitative estimate of drug-likeness (QED) is 0.636. The molecule has 0 bridgehead atoms. The average Bonchev–Trinajstić information content (AvgIpc) is 2.46. The molecule has 0 unspecified atom stereocenters. The van der Waals surface area contributed by atoms with E-state index in [1.807, 2.05) is 0 Å². The van der Waals surface area contributed by atoms with Crippen molar-refractivity contribution in [2.75, 3.05) is 19.0 Å². The molecule has 6 nitrogen and oxygen atoms in total. The monoisotopic (exact) mass is 330 g/mol. The molecule has 0 heterocycles. The molecule has 0 fully saturated rings. The molecular formula is C13H12Cl2N2O4. The standard InChI is InChI=1S/C13H12Cl2N2O4/c1-21-13(20)7-16-11(18)4-5-12(19)17-8-2-3-9(14)10(15)6-8/h2-6H,7H2,1H3,(H,16,18)(H,17,19)/b5-4-. The van der Waals surface area contributed by atoms with Gasteiger partial charge in [-0.1, -0.05) is 23.2 Å². The minimum atomic E-state index is -0.593. The van der Waals surface area contributed by atoms with Crippen LogP contribution in [0, 0.1) is 0 Å². The number of amides is 2. The van der Waals surface area contributed by atoms with Crippen LogP contribution in [0.3, 0.4) is 0 Å². The van der Waals surface area contributed by atoms with Crippen LogP contribution in [0.15, 0.2) is 30.4 Å². The molecule has 1 rings (SSSR count). The Morgan fingerprint density at radius 2 is 1.81 bits per heavy atom. The van der Waals surface area contributed by atoms with E-state index < -0.39 is 17.8 Å². The van der Waals surface area contributed by atoms with Crippen LogP contribution in [0.5, 0.6) is 0 Å². The maximum absolute atomic E-state index is 11.6. The summed E-state index contributed by atoms with van der Waals surface area (Å²) in [5.74, 6) is -1.71. The van der Waals surface area contributed by atoms with E-state index in [9.17, 15) is 14.4 Å². The number of hydrogen-bond donors (Lipinski definition) is 2. The lowest BCUT2D eigenvalue weighted by Crippen LogP contribution is -2.28. The van der Waals surface area contributed by atoms with Crippen LogP contribution in [0.25, 0.3) is 0 Å². The fourth-order valence-corrected chi connectivity index (χ4v) is 1.50. The van der Waals surface area contributed by atoms with E-state index in [0.717, 1.165) is 12.2 Å². The van der Waals surface area contributed by atoms with Crippen LogP contribution < -0.4 is 10.6 Å². The first kappa shape index (κ1) is 17.0. The smallest absolute Gasteiger partial charge is 0.325 e. The molecule has 0 atom stereocenters. The summed E-state index contributed by atoms with van der Waals surface area (Å²) in [4.78, 5) is 33.6. The number of carbonyl (C=O) groups excluding carboxylic acids is 3. The van der Waals surface area contributed by atoms with Gasteiger partial charge in [-0.2, -0.15) is 0 Å². The Labute approximate surface area is 131 Å². The summed E-state index contributed by atoms with van der Waals surface area (Å²) >= 11 is 11.5. The van der Waals surface area contributed by atoms with Gasteiger partial charge in [0.05, 0.1) is 17.2 Å². The molecule has 0 saturated heterocycles. The van der Waals surface area contributed by atoms with E-state index in [1.54, 1.807) is 6.07 Å². The van der Waals surface area contributed by atoms with Crippen LogP contribution >= 0.6 is 23.2 Å². The van der Waals surface area contributed by atoms with Crippen LogP contribution in [0.1, 0.15) is 0 Å². The highest BCUT2D eigenvalue weighted by atomic mass is 35.5. The van der Waals surface area contributed by atoms with Gasteiger partial charge in [-0.05, 0) is 18.2 Å². The fraction of sp³-hybridized carbons (Fsp3) is 0.154. The first-order valence-corrected chi connectivity index (χ1v) is 6.46. The third-order valence-electron chi connectivity index (χ3n) is 2.21. The second kappa shape index (κ2) is 8.28. The normalized spacial score (nSPS) is 10.2. The SMILES string of the molecule is COC(=O)CNC(=O)/C=C\C(=O)Nc1ccc(Cl)c(Cl)c1. The van der Waals surface area contributed by atoms with E-state index in [-0.39, 0.29) is 6.54 Å². The Kier molecular flexibility index (Phi) is 6.71. The van der Waals surface area contributed by atoms with Crippen LogP contribution in [0.2, 0.25) is 10.0 Å². The second-order valence-electron chi connectivity index (χ2n) is 3.75. The summed E-state index contributed by atoms with van der Waals surface area (Å²) < 4.78 is 4.35. The Hall–Kier alpha value is -2.05. The third kappa shape index (κ3) is 6.29. The predicted octanol–water partition coefficient (Wildman–Crippen LogP) is 1.78. The molecule has 1 aromatic carbocycles. The Balaban J connectivity index is 2.49. The maximum Gasteiger partial charge on any atom is 0.325 e. The number of halogens is 2. The molecule has 112 valence electrons. The molecule has 0 aliphatic heterocycles. The van der Waals surface area contributed by atoms with Crippen molar-refractivity contribution in [1.82, 2.24) is 5.32 Å². The van der Waals surface area contributed by atoms with Crippen molar-refractivity contribution < 1.29 is 19.1 Å². The van der Waals surface area contributed by atoms with E-state index in [0.29, 0.717) is 15.7 Å². The number of ether oxygens (including phenoxy) is 1. The highest BCUT2D eigenvalue weighted by Crippen LogP contribution is 2.24. The van der Waals surface area contributed by atoms with Gasteiger partial charge in [-0.15, -0.1) is 0 Å². The first-order valence-electron chi connectivity index (χ1n) is 5.71. The number of nitrogens with one attached hydrogen (secondary N) is 2. The largest absolute Gasteiger partial charge is 0.468 e. The molecule has 0 aliphatic carbocycles. The van der Waals surface area contributed by atoms with Gasteiger partial charge in [0.25, 0.3) is 0 Å². The van der Waals surface area contributed by atoms with Crippen molar-refractivity contribution >= 4 is 46.7 Å². The molecule has 1 aromatic rings. The molecule has 21 heavy (non-hydrogen) atoms. The molecule has 2 N–H and O–H groups in total. The van der Waals surface area contributed by atoms with Gasteiger partial charge in [-0.3, -0.25) is 14.4 Å². The summed E-state index contributed by atoms with van der Waals surface area (Å²) in [5, 5.41) is 5.42. The lowest BCUT2D eigenvalue weighted by Gasteiger charge is -2.03. The number of carbonyl (C=O) groups is 3. The van der Waals surface area contributed by atoms with Crippen LogP contribution in [-0.2, 0) is 19.1 Å². The number of esters is 1. The van der Waals surface area contributed by atoms with E-state index in [2.05, 4.69) is 15.4 Å². The summed E-state index contributed by atoms with van der Waals surface area (Å²) in [6, 6.07) is 4.58. The second-order valence-corrected chi connectivity index (χ2v) is 4.56.